The summed E-state index contributed by atoms with van der Waals surface area (Å²) in [5.41, 5.74) is 0.923. The van der Waals surface area contributed by atoms with Crippen molar-refractivity contribution in [1.82, 2.24) is 5.32 Å². The molecular weight excluding hydrogens is 296 g/mol. The third kappa shape index (κ3) is 3.60. The van der Waals surface area contributed by atoms with Gasteiger partial charge in [0.15, 0.2) is 11.7 Å². The molecule has 0 spiro atoms. The molecular formula is C17H16N2O2S. The largest absolute Gasteiger partial charge is 0.348 e. The number of carbonyl (C=O) groups excluding carboxylic acids is 2. The van der Waals surface area contributed by atoms with Crippen LogP contribution in [0, 0.1) is 24.2 Å². The number of nitriles is 1. The molecule has 0 aliphatic carbocycles. The van der Waals surface area contributed by atoms with Crippen LogP contribution < -0.4 is 5.32 Å². The highest BCUT2D eigenvalue weighted by Crippen LogP contribution is 2.20. The van der Waals surface area contributed by atoms with E-state index < -0.39 is 17.6 Å². The van der Waals surface area contributed by atoms with Crippen molar-refractivity contribution in [1.29, 1.82) is 5.26 Å². The number of rotatable bonds is 5. The lowest BCUT2D eigenvalue weighted by atomic mass is 10.0. The predicted molar refractivity (Wildman–Crippen MR) is 85.5 cm³/mol. The Morgan fingerprint density at radius 2 is 1.86 bits per heavy atom. The molecule has 5 heteroatoms. The Bertz CT molecular complexity index is 716. The summed E-state index contributed by atoms with van der Waals surface area (Å²) in [4.78, 5) is 25.9. The van der Waals surface area contributed by atoms with Crippen molar-refractivity contribution in [3.8, 4) is 6.07 Å². The minimum absolute atomic E-state index is 0.262. The van der Waals surface area contributed by atoms with E-state index in [-0.39, 0.29) is 6.04 Å². The molecule has 1 heterocycles. The van der Waals surface area contributed by atoms with E-state index in [1.54, 1.807) is 12.1 Å². The standard InChI is InChI=1S/C17H16N2O2S/c1-11-8-9-15(22-11)16(20)14(10-18)17(21)19-12(2)13-6-4-3-5-7-13/h3-9,12,14H,1-2H3,(H,19,21)/t12-,14+/m0/s1. The predicted octanol–water partition coefficient (Wildman–Crippen LogP) is 3.26. The zero-order chi connectivity index (χ0) is 16.1. The molecule has 0 fully saturated rings. The number of thiophene rings is 1. The van der Waals surface area contributed by atoms with Gasteiger partial charge in [-0.25, -0.2) is 0 Å². The maximum atomic E-state index is 12.3. The number of nitrogens with one attached hydrogen (secondary N) is 1. The first-order valence-electron chi connectivity index (χ1n) is 6.88. The van der Waals surface area contributed by atoms with Gasteiger partial charge in [0.05, 0.1) is 17.0 Å². The van der Waals surface area contributed by atoms with E-state index in [4.69, 9.17) is 0 Å². The van der Waals surface area contributed by atoms with Crippen LogP contribution in [0.3, 0.4) is 0 Å². The van der Waals surface area contributed by atoms with Gasteiger partial charge >= 0.3 is 0 Å². The number of benzene rings is 1. The van der Waals surface area contributed by atoms with E-state index in [0.717, 1.165) is 10.4 Å². The fourth-order valence-corrected chi connectivity index (χ4v) is 2.90. The molecule has 0 unspecified atom stereocenters. The first kappa shape index (κ1) is 15.9. The Kier molecular flexibility index (Phi) is 5.08. The highest BCUT2D eigenvalue weighted by molar-refractivity contribution is 7.14. The van der Waals surface area contributed by atoms with Crippen LogP contribution in [0.2, 0.25) is 0 Å². The molecule has 1 aromatic carbocycles. The molecule has 0 radical (unpaired) electrons. The third-order valence-corrected chi connectivity index (χ3v) is 4.31. The van der Waals surface area contributed by atoms with Crippen molar-refractivity contribution < 1.29 is 9.59 Å². The van der Waals surface area contributed by atoms with Gasteiger partial charge in [-0.05, 0) is 31.5 Å². The van der Waals surface area contributed by atoms with Crippen LogP contribution in [0.15, 0.2) is 42.5 Å². The summed E-state index contributed by atoms with van der Waals surface area (Å²) in [5.74, 6) is -2.32. The number of hydrogen-bond donors (Lipinski definition) is 1. The lowest BCUT2D eigenvalue weighted by Crippen LogP contribution is -2.36. The zero-order valence-corrected chi connectivity index (χ0v) is 13.2. The molecule has 112 valence electrons. The lowest BCUT2D eigenvalue weighted by molar-refractivity contribution is -0.122. The number of nitrogens with zero attached hydrogens (tertiary/aromatic N) is 1. The minimum atomic E-state index is -1.32. The van der Waals surface area contributed by atoms with Crippen LogP contribution >= 0.6 is 11.3 Å². The molecule has 2 atom stereocenters. The Morgan fingerprint density at radius 1 is 1.18 bits per heavy atom. The monoisotopic (exact) mass is 312 g/mol. The fraction of sp³-hybridized carbons (Fsp3) is 0.235. The first-order chi connectivity index (χ1) is 10.5. The molecule has 0 saturated carbocycles. The number of hydrogen-bond acceptors (Lipinski definition) is 4. The van der Waals surface area contributed by atoms with Gasteiger partial charge in [-0.3, -0.25) is 9.59 Å². The van der Waals surface area contributed by atoms with Crippen LogP contribution in [0.25, 0.3) is 0 Å². The van der Waals surface area contributed by atoms with E-state index in [1.165, 1.54) is 11.3 Å². The molecule has 2 rings (SSSR count). The number of ketones is 1. The van der Waals surface area contributed by atoms with E-state index in [0.29, 0.717) is 4.88 Å². The summed E-state index contributed by atoms with van der Waals surface area (Å²) in [6.07, 6.45) is 0. The molecule has 1 amide bonds. The van der Waals surface area contributed by atoms with Gasteiger partial charge in [-0.15, -0.1) is 11.3 Å². The second kappa shape index (κ2) is 7.01. The van der Waals surface area contributed by atoms with Crippen molar-refractivity contribution in [3.63, 3.8) is 0 Å². The molecule has 0 saturated heterocycles. The van der Waals surface area contributed by atoms with Crippen LogP contribution in [-0.4, -0.2) is 11.7 Å². The zero-order valence-electron chi connectivity index (χ0n) is 12.4. The average Bonchev–Trinajstić information content (AvgIpc) is 2.95. The van der Waals surface area contributed by atoms with Crippen molar-refractivity contribution in [2.45, 2.75) is 19.9 Å². The number of aryl methyl sites for hydroxylation is 1. The summed E-state index contributed by atoms with van der Waals surface area (Å²) >= 11 is 1.29. The molecule has 0 aliphatic heterocycles. The van der Waals surface area contributed by atoms with Gasteiger partial charge in [0.1, 0.15) is 0 Å². The number of amides is 1. The molecule has 1 aromatic heterocycles. The van der Waals surface area contributed by atoms with Crippen molar-refractivity contribution in [3.05, 3.63) is 57.8 Å². The van der Waals surface area contributed by atoms with Crippen LogP contribution in [0.1, 0.15) is 33.1 Å². The molecule has 22 heavy (non-hydrogen) atoms. The second-order valence-electron chi connectivity index (χ2n) is 4.98. The van der Waals surface area contributed by atoms with Gasteiger partial charge in [0.25, 0.3) is 0 Å². The Balaban J connectivity index is 2.09. The van der Waals surface area contributed by atoms with Crippen LogP contribution in [0.5, 0.6) is 0 Å². The lowest BCUT2D eigenvalue weighted by Gasteiger charge is -2.16. The summed E-state index contributed by atoms with van der Waals surface area (Å²) in [7, 11) is 0. The van der Waals surface area contributed by atoms with Crippen molar-refractivity contribution >= 4 is 23.0 Å². The third-order valence-electron chi connectivity index (χ3n) is 3.30. The minimum Gasteiger partial charge on any atom is -0.348 e. The summed E-state index contributed by atoms with van der Waals surface area (Å²) in [6, 6.07) is 14.4. The highest BCUT2D eigenvalue weighted by Gasteiger charge is 2.29. The summed E-state index contributed by atoms with van der Waals surface area (Å²) in [6.45, 7) is 3.70. The van der Waals surface area contributed by atoms with Crippen molar-refractivity contribution in [2.75, 3.05) is 0 Å². The molecule has 1 N–H and O–H groups in total. The smallest absolute Gasteiger partial charge is 0.245 e. The summed E-state index contributed by atoms with van der Waals surface area (Å²) < 4.78 is 0. The Morgan fingerprint density at radius 3 is 2.41 bits per heavy atom. The van der Waals surface area contributed by atoms with E-state index >= 15 is 0 Å². The molecule has 2 aromatic rings. The highest BCUT2D eigenvalue weighted by atomic mass is 32.1. The molecule has 0 bridgehead atoms. The van der Waals surface area contributed by atoms with Gasteiger partial charge in [-0.2, -0.15) is 5.26 Å². The summed E-state index contributed by atoms with van der Waals surface area (Å²) in [5, 5.41) is 11.9. The van der Waals surface area contributed by atoms with Crippen molar-refractivity contribution in [2.24, 2.45) is 5.92 Å². The molecule has 0 aliphatic rings. The quantitative estimate of drug-likeness (QED) is 0.680. The number of carbonyl (C=O) groups is 2. The van der Waals surface area contributed by atoms with Crippen LogP contribution in [0.4, 0.5) is 0 Å². The van der Waals surface area contributed by atoms with Crippen LogP contribution in [-0.2, 0) is 4.79 Å². The van der Waals surface area contributed by atoms with Gasteiger partial charge < -0.3 is 5.32 Å². The topological polar surface area (TPSA) is 70.0 Å². The first-order valence-corrected chi connectivity index (χ1v) is 7.70. The van der Waals surface area contributed by atoms with E-state index in [2.05, 4.69) is 5.32 Å². The van der Waals surface area contributed by atoms with E-state index in [9.17, 15) is 14.9 Å². The molecule has 4 nitrogen and oxygen atoms in total. The Labute approximate surface area is 133 Å². The number of Topliss-reactive ketones (excluding diaryl/α,β-unsaturated/α-hetero) is 1. The Hall–Kier alpha value is -2.45. The normalized spacial score (nSPS) is 13.0. The van der Waals surface area contributed by atoms with Gasteiger partial charge in [0.2, 0.25) is 5.91 Å². The second-order valence-corrected chi connectivity index (χ2v) is 6.27. The van der Waals surface area contributed by atoms with Gasteiger partial charge in [-0.1, -0.05) is 30.3 Å². The van der Waals surface area contributed by atoms with E-state index in [1.807, 2.05) is 50.2 Å². The maximum Gasteiger partial charge on any atom is 0.245 e. The SMILES string of the molecule is Cc1ccc(C(=O)[C@@H](C#N)C(=O)N[C@@H](C)c2ccccc2)s1. The van der Waals surface area contributed by atoms with Gasteiger partial charge in [0, 0.05) is 4.88 Å². The maximum absolute atomic E-state index is 12.3. The fourth-order valence-electron chi connectivity index (χ4n) is 2.07. The average molecular weight is 312 g/mol.